The van der Waals surface area contributed by atoms with Crippen LogP contribution in [-0.2, 0) is 16.1 Å². The van der Waals surface area contributed by atoms with E-state index >= 15 is 0 Å². The predicted molar refractivity (Wildman–Crippen MR) is 136 cm³/mol. The molecule has 32 heavy (non-hydrogen) atoms. The van der Waals surface area contributed by atoms with E-state index in [0.717, 1.165) is 17.7 Å². The molecule has 0 saturated heterocycles. The molecule has 0 saturated carbocycles. The summed E-state index contributed by atoms with van der Waals surface area (Å²) in [5.74, 6) is 0.0837. The molecule has 0 amide bonds. The average molecular weight is 453 g/mol. The molecule has 1 atom stereocenters. The summed E-state index contributed by atoms with van der Waals surface area (Å²) in [4.78, 5) is 4.63. The van der Waals surface area contributed by atoms with E-state index in [-0.39, 0.29) is 22.2 Å². The third-order valence-corrected chi connectivity index (χ3v) is 8.14. The summed E-state index contributed by atoms with van der Waals surface area (Å²) >= 11 is 0. The first-order chi connectivity index (χ1) is 14.8. The van der Waals surface area contributed by atoms with Crippen LogP contribution in [0.5, 0.6) is 0 Å². The molecular formula is C27H36N2O2S. The minimum absolute atomic E-state index is 0.0837. The normalized spacial score (nSPS) is 25.7. The number of benzene rings is 1. The molecule has 0 bridgehead atoms. The van der Waals surface area contributed by atoms with Gasteiger partial charge in [-0.3, -0.25) is 4.90 Å². The molecule has 1 heterocycles. The van der Waals surface area contributed by atoms with Crippen LogP contribution < -0.4 is 4.90 Å². The van der Waals surface area contributed by atoms with E-state index in [9.17, 15) is 8.42 Å². The zero-order chi connectivity index (χ0) is 23.6. The summed E-state index contributed by atoms with van der Waals surface area (Å²) in [5, 5.41) is 0. The molecule has 0 fully saturated rings. The van der Waals surface area contributed by atoms with Gasteiger partial charge in [0.05, 0.1) is 11.3 Å². The second kappa shape index (κ2) is 7.46. The van der Waals surface area contributed by atoms with E-state index in [2.05, 4.69) is 108 Å². The molecular weight excluding hydrogens is 416 g/mol. The van der Waals surface area contributed by atoms with Gasteiger partial charge in [-0.2, -0.15) is 0 Å². The Kier molecular flexibility index (Phi) is 5.38. The molecule has 0 N–H and O–H groups in total. The van der Waals surface area contributed by atoms with Crippen LogP contribution in [0.25, 0.3) is 6.08 Å². The molecule has 1 aromatic carbocycles. The second-order valence-corrected chi connectivity index (χ2v) is 11.7. The zero-order valence-electron chi connectivity index (χ0n) is 20.6. The lowest BCUT2D eigenvalue weighted by Crippen LogP contribution is -2.60. The minimum atomic E-state index is -2.50. The third-order valence-electron chi connectivity index (χ3n) is 7.54. The van der Waals surface area contributed by atoms with Crippen molar-refractivity contribution >= 4 is 22.5 Å². The molecule has 0 spiro atoms. The fourth-order valence-electron chi connectivity index (χ4n) is 6.11. The van der Waals surface area contributed by atoms with Gasteiger partial charge in [0.15, 0.2) is 0 Å². The van der Waals surface area contributed by atoms with Gasteiger partial charge >= 0.3 is 0 Å². The van der Waals surface area contributed by atoms with Crippen molar-refractivity contribution in [3.8, 4) is 0 Å². The van der Waals surface area contributed by atoms with E-state index in [0.29, 0.717) is 0 Å². The number of allylic oxidation sites excluding steroid dienone is 3. The number of hydrogen-bond donors (Lipinski definition) is 1. The summed E-state index contributed by atoms with van der Waals surface area (Å²) in [6.07, 6.45) is 9.08. The summed E-state index contributed by atoms with van der Waals surface area (Å²) in [6, 6.07) is 6.67. The topological polar surface area (TPSA) is 40.6 Å². The van der Waals surface area contributed by atoms with Crippen LogP contribution in [0.3, 0.4) is 0 Å². The molecule has 1 aliphatic heterocycles. The lowest BCUT2D eigenvalue weighted by Gasteiger charge is -2.55. The molecule has 1 unspecified atom stereocenters. The maximum Gasteiger partial charge on any atom is 0.144 e. The predicted octanol–water partition coefficient (Wildman–Crippen LogP) is 4.70. The van der Waals surface area contributed by atoms with Crippen molar-refractivity contribution in [3.63, 3.8) is 0 Å². The summed E-state index contributed by atoms with van der Waals surface area (Å²) in [5.41, 5.74) is 7.54. The number of hydrogen-bond acceptors (Lipinski definition) is 4. The molecule has 5 heteroatoms. The van der Waals surface area contributed by atoms with Gasteiger partial charge in [0.1, 0.15) is 10.7 Å². The Bertz CT molecular complexity index is 1170. The van der Waals surface area contributed by atoms with E-state index in [1.165, 1.54) is 28.0 Å². The van der Waals surface area contributed by atoms with Crippen molar-refractivity contribution < 1.29 is 8.42 Å². The molecule has 0 aromatic heterocycles. The summed E-state index contributed by atoms with van der Waals surface area (Å²) in [7, 11) is 1.65. The van der Waals surface area contributed by atoms with Crippen molar-refractivity contribution in [2.24, 2.45) is 0 Å². The number of likely N-dealkylation sites (N-methyl/N-ethyl adjacent to an activating group) is 1. The highest BCUT2D eigenvalue weighted by Gasteiger charge is 2.49. The van der Waals surface area contributed by atoms with Gasteiger partial charge in [0, 0.05) is 30.7 Å². The zero-order valence-corrected chi connectivity index (χ0v) is 21.5. The minimum Gasteiger partial charge on any atom is -0.378 e. The fraction of sp³-hybridized carbons (Fsp3) is 0.481. The molecule has 0 radical (unpaired) electrons. The van der Waals surface area contributed by atoms with Crippen LogP contribution in [-0.4, -0.2) is 50.8 Å². The van der Waals surface area contributed by atoms with Crippen LogP contribution in [0.2, 0.25) is 0 Å². The fourth-order valence-corrected chi connectivity index (χ4v) is 6.65. The molecule has 4 rings (SSSR count). The molecule has 172 valence electrons. The average Bonchev–Trinajstić information content (AvgIpc) is 2.66. The largest absolute Gasteiger partial charge is 0.378 e. The Morgan fingerprint density at radius 1 is 0.969 bits per heavy atom. The smallest absolute Gasteiger partial charge is 0.144 e. The summed E-state index contributed by atoms with van der Waals surface area (Å²) in [6.45, 7) is 14.3. The van der Waals surface area contributed by atoms with Crippen LogP contribution in [0.15, 0.2) is 58.7 Å². The Morgan fingerprint density at radius 3 is 2.25 bits per heavy atom. The quantitative estimate of drug-likeness (QED) is 0.672. The lowest BCUT2D eigenvalue weighted by molar-refractivity contribution is 0.0834. The van der Waals surface area contributed by atoms with Gasteiger partial charge in [0.2, 0.25) is 0 Å². The number of thiol groups is 1. The highest BCUT2D eigenvalue weighted by Crippen LogP contribution is 2.52. The van der Waals surface area contributed by atoms with Crippen molar-refractivity contribution in [1.82, 2.24) is 4.90 Å². The van der Waals surface area contributed by atoms with Crippen molar-refractivity contribution in [2.75, 3.05) is 31.3 Å². The third kappa shape index (κ3) is 3.41. The number of anilines is 1. The van der Waals surface area contributed by atoms with E-state index in [1.807, 2.05) is 0 Å². The Morgan fingerprint density at radius 2 is 1.66 bits per heavy atom. The van der Waals surface area contributed by atoms with Gasteiger partial charge in [0.25, 0.3) is 0 Å². The Labute approximate surface area is 194 Å². The molecule has 1 aromatic rings. The van der Waals surface area contributed by atoms with Crippen LogP contribution >= 0.6 is 0 Å². The van der Waals surface area contributed by atoms with Gasteiger partial charge in [-0.25, -0.2) is 8.42 Å². The lowest BCUT2D eigenvalue weighted by atomic mass is 9.62. The highest BCUT2D eigenvalue weighted by atomic mass is 32.2. The van der Waals surface area contributed by atoms with Gasteiger partial charge in [-0.15, -0.1) is 0 Å². The highest BCUT2D eigenvalue weighted by molar-refractivity contribution is 7.72. The number of rotatable bonds is 4. The van der Waals surface area contributed by atoms with E-state index in [4.69, 9.17) is 0 Å². The van der Waals surface area contributed by atoms with Crippen LogP contribution in [0, 0.1) is 0 Å². The van der Waals surface area contributed by atoms with E-state index < -0.39 is 10.7 Å². The van der Waals surface area contributed by atoms with E-state index in [1.54, 1.807) is 0 Å². The standard InChI is InChI=1S/C27H36N2O2S/c1-9-29-25(2,3)15-20(17-32(30)31)23-13-19-12-18-10-11-21(28(7)8)14-22(18)26(4,5)24(19)16-27(23,29)6/h10-16,32H,9,17H2,1-8H3. The molecule has 4 nitrogen and oxygen atoms in total. The maximum atomic E-state index is 11.8. The number of fused-ring (bicyclic) bond motifs is 3. The van der Waals surface area contributed by atoms with Crippen LogP contribution in [0.1, 0.15) is 52.7 Å². The van der Waals surface area contributed by atoms with Crippen LogP contribution in [0.4, 0.5) is 5.69 Å². The SMILES string of the molecule is CCN1C(C)(C)C=C(C[SH](=O)=O)C2=CC3=Cc4ccc(N(C)C)cc4C(C)(C)C3=CC21C. The van der Waals surface area contributed by atoms with Crippen molar-refractivity contribution in [3.05, 3.63) is 69.8 Å². The first-order valence-corrected chi connectivity index (χ1v) is 12.8. The Balaban J connectivity index is 1.98. The van der Waals surface area contributed by atoms with Gasteiger partial charge < -0.3 is 4.90 Å². The van der Waals surface area contributed by atoms with Gasteiger partial charge in [-0.1, -0.05) is 39.0 Å². The first kappa shape index (κ1) is 23.1. The summed E-state index contributed by atoms with van der Waals surface area (Å²) < 4.78 is 23.5. The second-order valence-electron chi connectivity index (χ2n) is 10.7. The number of nitrogens with zero attached hydrogens (tertiary/aromatic N) is 2. The van der Waals surface area contributed by atoms with Gasteiger partial charge in [-0.05, 0) is 85.0 Å². The molecule has 2 aliphatic carbocycles. The Hall–Kier alpha value is -2.11. The first-order valence-electron chi connectivity index (χ1n) is 11.4. The van der Waals surface area contributed by atoms with Crippen molar-refractivity contribution in [2.45, 2.75) is 58.0 Å². The maximum absolute atomic E-state index is 11.8. The van der Waals surface area contributed by atoms with Crippen molar-refractivity contribution in [1.29, 1.82) is 0 Å². The molecule has 3 aliphatic rings. The monoisotopic (exact) mass is 452 g/mol.